The number of ether oxygens (including phenoxy) is 1. The van der Waals surface area contributed by atoms with E-state index in [1.807, 2.05) is 6.07 Å². The van der Waals surface area contributed by atoms with Gasteiger partial charge in [-0.15, -0.1) is 0 Å². The van der Waals surface area contributed by atoms with Crippen LogP contribution in [0.15, 0.2) is 24.3 Å². The number of nitrogens with one attached hydrogen (secondary N) is 1. The summed E-state index contributed by atoms with van der Waals surface area (Å²) in [6.07, 6.45) is 2.47. The highest BCUT2D eigenvalue weighted by Gasteiger charge is 2.14. The number of fused-ring (bicyclic) bond motifs is 1. The molecule has 1 heterocycles. The van der Waals surface area contributed by atoms with Gasteiger partial charge >= 0.3 is 0 Å². The molecule has 1 aliphatic heterocycles. The molecule has 0 fully saturated rings. The van der Waals surface area contributed by atoms with Crippen molar-refractivity contribution < 1.29 is 4.74 Å². The summed E-state index contributed by atoms with van der Waals surface area (Å²) in [6, 6.07) is 8.40. The topological polar surface area (TPSA) is 24.5 Å². The predicted molar refractivity (Wildman–Crippen MR) is 84.2 cm³/mol. The van der Waals surface area contributed by atoms with Crippen molar-refractivity contribution in [2.45, 2.75) is 45.7 Å². The van der Waals surface area contributed by atoms with E-state index < -0.39 is 0 Å². The van der Waals surface area contributed by atoms with Gasteiger partial charge in [-0.2, -0.15) is 0 Å². The third-order valence-corrected chi connectivity index (χ3v) is 3.59. The van der Waals surface area contributed by atoms with Crippen LogP contribution in [0.3, 0.4) is 0 Å². The van der Waals surface area contributed by atoms with Crippen LogP contribution in [-0.4, -0.2) is 36.7 Å². The fraction of sp³-hybridized carbons (Fsp3) is 0.647. The van der Waals surface area contributed by atoms with Crippen LogP contribution in [0.2, 0.25) is 0 Å². The number of rotatable bonds is 5. The fourth-order valence-electron chi connectivity index (χ4n) is 2.49. The standard InChI is InChI=1S/C17H28N2O/c1-17(2,3)18-10-6-7-11-19-12-13-20-16-9-5-4-8-15(16)14-19/h4-5,8-9,18H,6-7,10-14H2,1-3H3. The van der Waals surface area contributed by atoms with E-state index in [2.05, 4.69) is 49.2 Å². The molecule has 0 atom stereocenters. The number of hydrogen-bond donors (Lipinski definition) is 1. The molecule has 1 aromatic rings. The lowest BCUT2D eigenvalue weighted by Crippen LogP contribution is -2.36. The van der Waals surface area contributed by atoms with Crippen molar-refractivity contribution in [2.24, 2.45) is 0 Å². The molecule has 1 aromatic carbocycles. The van der Waals surface area contributed by atoms with E-state index in [1.165, 1.54) is 18.4 Å². The molecule has 1 aliphatic rings. The maximum Gasteiger partial charge on any atom is 0.123 e. The average Bonchev–Trinajstić information content (AvgIpc) is 2.58. The Kier molecular flexibility index (Phi) is 5.44. The molecule has 0 radical (unpaired) electrons. The highest BCUT2D eigenvalue weighted by Crippen LogP contribution is 2.22. The molecule has 0 saturated heterocycles. The van der Waals surface area contributed by atoms with E-state index >= 15 is 0 Å². The maximum absolute atomic E-state index is 5.80. The summed E-state index contributed by atoms with van der Waals surface area (Å²) >= 11 is 0. The Morgan fingerprint density at radius 1 is 1.20 bits per heavy atom. The van der Waals surface area contributed by atoms with Crippen LogP contribution < -0.4 is 10.1 Å². The molecule has 3 heteroatoms. The zero-order valence-electron chi connectivity index (χ0n) is 13.1. The Hall–Kier alpha value is -1.06. The molecular formula is C17H28N2O. The number of benzene rings is 1. The summed E-state index contributed by atoms with van der Waals surface area (Å²) in [7, 11) is 0. The molecule has 0 unspecified atom stereocenters. The molecule has 0 saturated carbocycles. The van der Waals surface area contributed by atoms with Crippen LogP contribution in [0.1, 0.15) is 39.2 Å². The van der Waals surface area contributed by atoms with E-state index in [0.717, 1.165) is 38.5 Å². The summed E-state index contributed by atoms with van der Waals surface area (Å²) in [5, 5.41) is 3.54. The monoisotopic (exact) mass is 276 g/mol. The van der Waals surface area contributed by atoms with E-state index in [-0.39, 0.29) is 5.54 Å². The zero-order chi connectivity index (χ0) is 14.4. The van der Waals surface area contributed by atoms with E-state index in [9.17, 15) is 0 Å². The first kappa shape index (κ1) is 15.3. The summed E-state index contributed by atoms with van der Waals surface area (Å²) in [6.45, 7) is 11.8. The smallest absolute Gasteiger partial charge is 0.123 e. The lowest BCUT2D eigenvalue weighted by atomic mass is 10.1. The molecule has 0 spiro atoms. The highest BCUT2D eigenvalue weighted by atomic mass is 16.5. The van der Waals surface area contributed by atoms with Gasteiger partial charge in [-0.05, 0) is 52.8 Å². The van der Waals surface area contributed by atoms with Crippen LogP contribution >= 0.6 is 0 Å². The molecule has 20 heavy (non-hydrogen) atoms. The van der Waals surface area contributed by atoms with Gasteiger partial charge in [0.1, 0.15) is 12.4 Å². The van der Waals surface area contributed by atoms with Gasteiger partial charge in [0.25, 0.3) is 0 Å². The first-order valence-electron chi connectivity index (χ1n) is 7.73. The first-order valence-corrected chi connectivity index (χ1v) is 7.73. The predicted octanol–water partition coefficient (Wildman–Crippen LogP) is 3.05. The van der Waals surface area contributed by atoms with Crippen LogP contribution in [-0.2, 0) is 6.54 Å². The Bertz CT molecular complexity index is 412. The molecular weight excluding hydrogens is 248 g/mol. The third kappa shape index (κ3) is 5.14. The second-order valence-corrected chi connectivity index (χ2v) is 6.62. The maximum atomic E-state index is 5.80. The van der Waals surface area contributed by atoms with Crippen molar-refractivity contribution in [3.63, 3.8) is 0 Å². The van der Waals surface area contributed by atoms with Crippen LogP contribution in [0.4, 0.5) is 0 Å². The number of para-hydroxylation sites is 1. The van der Waals surface area contributed by atoms with Crippen LogP contribution in [0.5, 0.6) is 5.75 Å². The molecule has 3 nitrogen and oxygen atoms in total. The Morgan fingerprint density at radius 2 is 2.00 bits per heavy atom. The van der Waals surface area contributed by atoms with Crippen molar-refractivity contribution in [1.29, 1.82) is 0 Å². The number of hydrogen-bond acceptors (Lipinski definition) is 3. The molecule has 112 valence electrons. The van der Waals surface area contributed by atoms with E-state index in [4.69, 9.17) is 4.74 Å². The van der Waals surface area contributed by atoms with Gasteiger partial charge in [0.2, 0.25) is 0 Å². The second-order valence-electron chi connectivity index (χ2n) is 6.62. The Morgan fingerprint density at radius 3 is 2.80 bits per heavy atom. The van der Waals surface area contributed by atoms with E-state index in [0.29, 0.717) is 0 Å². The molecule has 0 amide bonds. The summed E-state index contributed by atoms with van der Waals surface area (Å²) in [5.74, 6) is 1.06. The van der Waals surface area contributed by atoms with Gasteiger partial charge in [0, 0.05) is 24.2 Å². The molecule has 0 bridgehead atoms. The quantitative estimate of drug-likeness (QED) is 0.837. The Balaban J connectivity index is 1.72. The van der Waals surface area contributed by atoms with E-state index in [1.54, 1.807) is 0 Å². The van der Waals surface area contributed by atoms with Crippen molar-refractivity contribution in [3.8, 4) is 5.75 Å². The van der Waals surface area contributed by atoms with Gasteiger partial charge in [0.05, 0.1) is 0 Å². The molecule has 2 rings (SSSR count). The number of nitrogens with zero attached hydrogens (tertiary/aromatic N) is 1. The molecule has 0 aliphatic carbocycles. The Labute approximate surface area is 123 Å². The minimum Gasteiger partial charge on any atom is -0.492 e. The summed E-state index contributed by atoms with van der Waals surface area (Å²) in [5.41, 5.74) is 1.55. The fourth-order valence-corrected chi connectivity index (χ4v) is 2.49. The zero-order valence-corrected chi connectivity index (χ0v) is 13.1. The third-order valence-electron chi connectivity index (χ3n) is 3.59. The molecule has 0 aromatic heterocycles. The largest absolute Gasteiger partial charge is 0.492 e. The lowest BCUT2D eigenvalue weighted by Gasteiger charge is -2.22. The lowest BCUT2D eigenvalue weighted by molar-refractivity contribution is 0.222. The van der Waals surface area contributed by atoms with Crippen LogP contribution in [0, 0.1) is 0 Å². The average molecular weight is 276 g/mol. The van der Waals surface area contributed by atoms with Crippen molar-refractivity contribution in [1.82, 2.24) is 10.2 Å². The second kappa shape index (κ2) is 7.09. The van der Waals surface area contributed by atoms with Crippen molar-refractivity contribution in [2.75, 3.05) is 26.2 Å². The number of unbranched alkanes of at least 4 members (excludes halogenated alkanes) is 1. The van der Waals surface area contributed by atoms with Crippen molar-refractivity contribution >= 4 is 0 Å². The molecule has 1 N–H and O–H groups in total. The van der Waals surface area contributed by atoms with Crippen LogP contribution in [0.25, 0.3) is 0 Å². The van der Waals surface area contributed by atoms with Gasteiger partial charge in [-0.25, -0.2) is 0 Å². The van der Waals surface area contributed by atoms with Gasteiger partial charge < -0.3 is 10.1 Å². The van der Waals surface area contributed by atoms with Gasteiger partial charge in [-0.3, -0.25) is 4.90 Å². The minimum absolute atomic E-state index is 0.232. The van der Waals surface area contributed by atoms with Gasteiger partial charge in [-0.1, -0.05) is 18.2 Å². The summed E-state index contributed by atoms with van der Waals surface area (Å²) < 4.78 is 5.80. The minimum atomic E-state index is 0.232. The first-order chi connectivity index (χ1) is 9.54. The highest BCUT2D eigenvalue weighted by molar-refractivity contribution is 5.33. The van der Waals surface area contributed by atoms with Crippen molar-refractivity contribution in [3.05, 3.63) is 29.8 Å². The van der Waals surface area contributed by atoms with Gasteiger partial charge in [0.15, 0.2) is 0 Å². The SMILES string of the molecule is CC(C)(C)NCCCCN1CCOc2ccccc2C1. The summed E-state index contributed by atoms with van der Waals surface area (Å²) in [4.78, 5) is 2.50. The normalized spacial score (nSPS) is 16.4.